The lowest BCUT2D eigenvalue weighted by atomic mass is 10.4. The van der Waals surface area contributed by atoms with E-state index in [0.717, 1.165) is 19.4 Å². The Kier molecular flexibility index (Phi) is 4.00. The summed E-state index contributed by atoms with van der Waals surface area (Å²) >= 11 is 5.37. The molecule has 0 bridgehead atoms. The van der Waals surface area contributed by atoms with Crippen LogP contribution in [0.1, 0.15) is 10.5 Å². The molecule has 0 spiro atoms. The number of thiol groups is 1. The number of aromatic carboxylic acids is 1. The van der Waals surface area contributed by atoms with Crippen molar-refractivity contribution in [2.45, 2.75) is 0 Å². The van der Waals surface area contributed by atoms with Gasteiger partial charge in [-0.1, -0.05) is 0 Å². The van der Waals surface area contributed by atoms with Crippen molar-refractivity contribution in [1.29, 1.82) is 0 Å². The summed E-state index contributed by atoms with van der Waals surface area (Å²) in [4.78, 5) is 14.6. The average Bonchev–Trinajstić information content (AvgIpc) is 2.88. The van der Waals surface area contributed by atoms with E-state index in [9.17, 15) is 13.2 Å². The Morgan fingerprint density at radius 2 is 2.17 bits per heavy atom. The Morgan fingerprint density at radius 3 is 2.67 bits per heavy atom. The molecular weight excluding hydrogens is 364 g/mol. The van der Waals surface area contributed by atoms with Crippen molar-refractivity contribution in [2.24, 2.45) is 0 Å². The van der Waals surface area contributed by atoms with Gasteiger partial charge in [-0.25, -0.2) is 22.5 Å². The summed E-state index contributed by atoms with van der Waals surface area (Å²) in [5.74, 6) is -1.26. The van der Waals surface area contributed by atoms with Gasteiger partial charge < -0.3 is 5.11 Å². The maximum atomic E-state index is 11.3. The maximum Gasteiger partial charge on any atom is 0.357 e. The molecule has 0 aliphatic carbocycles. The molecule has 18 heavy (non-hydrogen) atoms. The standard InChI is InChI=1S/C8H5BrN2O4S3/c9-4-1-2-5(17-4)11(18(14)15)7-6(8(12)13)10-3-16-7/h1-3,18H,(H,12,13). The van der Waals surface area contributed by atoms with E-state index in [1.807, 2.05) is 0 Å². The van der Waals surface area contributed by atoms with Crippen LogP contribution in [0.2, 0.25) is 0 Å². The molecule has 0 aliphatic heterocycles. The Balaban J connectivity index is 2.55. The van der Waals surface area contributed by atoms with Gasteiger partial charge in [-0.05, 0) is 28.1 Å². The van der Waals surface area contributed by atoms with Gasteiger partial charge in [-0.15, -0.1) is 22.7 Å². The maximum absolute atomic E-state index is 11.3. The largest absolute Gasteiger partial charge is 0.476 e. The third-order valence-corrected chi connectivity index (χ3v) is 5.31. The van der Waals surface area contributed by atoms with E-state index in [1.54, 1.807) is 12.1 Å². The summed E-state index contributed by atoms with van der Waals surface area (Å²) in [5.41, 5.74) is 1.02. The fourth-order valence-corrected chi connectivity index (χ4v) is 4.39. The number of thiazole rings is 1. The predicted molar refractivity (Wildman–Crippen MR) is 73.5 cm³/mol. The Bertz CT molecular complexity index is 655. The second-order valence-electron chi connectivity index (χ2n) is 2.94. The lowest BCUT2D eigenvalue weighted by molar-refractivity contribution is 0.0692. The zero-order valence-electron chi connectivity index (χ0n) is 8.44. The third kappa shape index (κ3) is 2.55. The van der Waals surface area contributed by atoms with Crippen LogP contribution in [-0.2, 0) is 10.9 Å². The molecule has 0 amide bonds. The fourth-order valence-electron chi connectivity index (χ4n) is 1.21. The molecule has 0 atom stereocenters. The van der Waals surface area contributed by atoms with Crippen LogP contribution in [0.25, 0.3) is 0 Å². The quantitative estimate of drug-likeness (QED) is 0.808. The molecule has 2 aromatic rings. The highest BCUT2D eigenvalue weighted by molar-refractivity contribution is 9.11. The second-order valence-corrected chi connectivity index (χ2v) is 7.09. The molecule has 1 N–H and O–H groups in total. The smallest absolute Gasteiger partial charge is 0.357 e. The summed E-state index contributed by atoms with van der Waals surface area (Å²) in [6.45, 7) is 0. The zero-order chi connectivity index (χ0) is 13.3. The number of nitrogens with zero attached hydrogens (tertiary/aromatic N) is 2. The van der Waals surface area contributed by atoms with Crippen molar-refractivity contribution in [3.8, 4) is 0 Å². The normalized spacial score (nSPS) is 10.8. The van der Waals surface area contributed by atoms with Crippen molar-refractivity contribution in [3.05, 3.63) is 27.1 Å². The molecule has 0 aliphatic rings. The molecule has 0 saturated heterocycles. The number of carbonyl (C=O) groups is 1. The van der Waals surface area contributed by atoms with Crippen LogP contribution in [0.5, 0.6) is 0 Å². The molecule has 2 aromatic heterocycles. The van der Waals surface area contributed by atoms with Crippen LogP contribution in [0, 0.1) is 0 Å². The first kappa shape index (κ1) is 13.5. The van der Waals surface area contributed by atoms with Crippen molar-refractivity contribution in [1.82, 2.24) is 4.98 Å². The van der Waals surface area contributed by atoms with Crippen molar-refractivity contribution >= 4 is 65.5 Å². The SMILES string of the molecule is O=C(O)c1ncsc1N(c1ccc(Br)s1)[SH](=O)=O. The van der Waals surface area contributed by atoms with Crippen LogP contribution >= 0.6 is 38.6 Å². The van der Waals surface area contributed by atoms with Gasteiger partial charge in [-0.3, -0.25) is 0 Å². The van der Waals surface area contributed by atoms with Crippen LogP contribution in [0.4, 0.5) is 10.0 Å². The minimum atomic E-state index is -2.99. The highest BCUT2D eigenvalue weighted by Crippen LogP contribution is 2.38. The number of carboxylic acids is 1. The van der Waals surface area contributed by atoms with Gasteiger partial charge in [0.2, 0.25) is 10.9 Å². The van der Waals surface area contributed by atoms with Crippen LogP contribution in [0.3, 0.4) is 0 Å². The van der Waals surface area contributed by atoms with Crippen molar-refractivity contribution in [2.75, 3.05) is 4.31 Å². The highest BCUT2D eigenvalue weighted by Gasteiger charge is 2.23. The number of hydrogen-bond donors (Lipinski definition) is 2. The van der Waals surface area contributed by atoms with Gasteiger partial charge in [0.25, 0.3) is 0 Å². The van der Waals surface area contributed by atoms with Gasteiger partial charge in [0.1, 0.15) is 10.0 Å². The summed E-state index contributed by atoms with van der Waals surface area (Å²) in [6.07, 6.45) is 0. The second kappa shape index (κ2) is 5.34. The molecule has 6 nitrogen and oxygen atoms in total. The summed E-state index contributed by atoms with van der Waals surface area (Å²) in [6, 6.07) is 3.28. The van der Waals surface area contributed by atoms with Gasteiger partial charge >= 0.3 is 5.97 Å². The summed E-state index contributed by atoms with van der Waals surface area (Å²) in [5, 5.41) is 9.44. The first-order chi connectivity index (χ1) is 8.50. The number of halogens is 1. The molecule has 2 heterocycles. The Labute approximate surface area is 120 Å². The summed E-state index contributed by atoms with van der Waals surface area (Å²) < 4.78 is 24.3. The molecule has 10 heteroatoms. The minimum Gasteiger partial charge on any atom is -0.476 e. The first-order valence-corrected chi connectivity index (χ1v) is 7.99. The van der Waals surface area contributed by atoms with E-state index in [2.05, 4.69) is 20.9 Å². The van der Waals surface area contributed by atoms with E-state index in [-0.39, 0.29) is 10.7 Å². The number of hydrogen-bond acceptors (Lipinski definition) is 6. The fraction of sp³-hybridized carbons (Fsp3) is 0. The molecule has 96 valence electrons. The predicted octanol–water partition coefficient (Wildman–Crippen LogP) is 2.33. The number of carboxylic acid groups (broad SMARTS) is 1. The minimum absolute atomic E-state index is 0.0768. The Hall–Kier alpha value is -0.970. The number of anilines is 2. The average molecular weight is 369 g/mol. The lowest BCUT2D eigenvalue weighted by Gasteiger charge is -2.13. The van der Waals surface area contributed by atoms with Crippen molar-refractivity contribution < 1.29 is 18.3 Å². The van der Waals surface area contributed by atoms with Gasteiger partial charge in [0, 0.05) is 0 Å². The van der Waals surface area contributed by atoms with Crippen LogP contribution < -0.4 is 4.31 Å². The van der Waals surface area contributed by atoms with Crippen LogP contribution in [-0.4, -0.2) is 24.5 Å². The third-order valence-electron chi connectivity index (χ3n) is 1.87. The van der Waals surface area contributed by atoms with Gasteiger partial charge in [0.15, 0.2) is 5.69 Å². The topological polar surface area (TPSA) is 87.6 Å². The molecular formula is C8H5BrN2O4S3. The molecule has 0 unspecified atom stereocenters. The summed E-state index contributed by atoms with van der Waals surface area (Å²) in [7, 11) is -2.99. The molecule has 0 saturated carbocycles. The van der Waals surface area contributed by atoms with E-state index in [4.69, 9.17) is 5.11 Å². The van der Waals surface area contributed by atoms with Crippen LogP contribution in [0.15, 0.2) is 21.4 Å². The zero-order valence-corrected chi connectivity index (χ0v) is 12.6. The molecule has 0 radical (unpaired) electrons. The monoisotopic (exact) mass is 368 g/mol. The van der Waals surface area contributed by atoms with E-state index in [0.29, 0.717) is 5.00 Å². The van der Waals surface area contributed by atoms with E-state index < -0.39 is 16.9 Å². The van der Waals surface area contributed by atoms with E-state index in [1.165, 1.54) is 16.8 Å². The van der Waals surface area contributed by atoms with Gasteiger partial charge in [0.05, 0.1) is 9.30 Å². The highest BCUT2D eigenvalue weighted by atomic mass is 79.9. The first-order valence-electron chi connectivity index (χ1n) is 4.37. The van der Waals surface area contributed by atoms with Gasteiger partial charge in [-0.2, -0.15) is 0 Å². The Morgan fingerprint density at radius 1 is 1.44 bits per heavy atom. The lowest BCUT2D eigenvalue weighted by Crippen LogP contribution is -2.15. The number of aromatic nitrogens is 1. The molecule has 2 rings (SSSR count). The molecule has 0 aromatic carbocycles. The number of rotatable bonds is 4. The molecule has 0 fully saturated rings. The van der Waals surface area contributed by atoms with E-state index >= 15 is 0 Å². The van der Waals surface area contributed by atoms with Crippen molar-refractivity contribution in [3.63, 3.8) is 0 Å². The number of thiophene rings is 1.